The number of ether oxygens (including phenoxy) is 1. The zero-order chi connectivity index (χ0) is 44.4. The van der Waals surface area contributed by atoms with Crippen molar-refractivity contribution in [3.8, 4) is 11.5 Å². The summed E-state index contributed by atoms with van der Waals surface area (Å²) >= 11 is 0. The Labute approximate surface area is 335 Å². The van der Waals surface area contributed by atoms with Crippen molar-refractivity contribution in [1.29, 1.82) is 0 Å². The van der Waals surface area contributed by atoms with E-state index < -0.39 is 70.5 Å². The standard InChI is InChI=1S/C28H44F6O19P6/c1-3-5-7-9-11-15-20-28(21-16-12-10-8-6-4-2)22-19-26(27(23-28)43-24-17-13-14-18-25(24)44-54(29,35)36)45-56(31,39)48-49-58(33,41)52-53-59(34,42)51-50-57(32,40)47-46-55(30,37)38/h13-14,17-19,22-23,26H,3-12,15-16,20-21H2,1-2H3,(H,35,36)(H,37,38). The third kappa shape index (κ3) is 23.7. The highest BCUT2D eigenvalue weighted by Gasteiger charge is 2.44. The lowest BCUT2D eigenvalue weighted by molar-refractivity contribution is -0.231. The van der Waals surface area contributed by atoms with Crippen LogP contribution in [-0.2, 0) is 69.3 Å². The molecule has 0 saturated carbocycles. The summed E-state index contributed by atoms with van der Waals surface area (Å²) in [6.45, 7) is 4.14. The first-order chi connectivity index (χ1) is 27.3. The van der Waals surface area contributed by atoms with Crippen molar-refractivity contribution in [3.05, 3.63) is 48.3 Å². The average Bonchev–Trinajstić information content (AvgIpc) is 3.13. The molecule has 0 aromatic heterocycles. The quantitative estimate of drug-likeness (QED) is 0.0170. The van der Waals surface area contributed by atoms with E-state index in [9.17, 15) is 53.3 Å². The first-order valence-corrected chi connectivity index (χ1v) is 26.3. The summed E-state index contributed by atoms with van der Waals surface area (Å²) in [5.41, 5.74) is -0.806. The van der Waals surface area contributed by atoms with Gasteiger partial charge < -0.3 is 9.26 Å². The fraction of sp³-hybridized carbons (Fsp3) is 0.643. The van der Waals surface area contributed by atoms with Gasteiger partial charge in [-0.1, -0.05) is 115 Å². The molecule has 342 valence electrons. The average molecular weight is 984 g/mol. The largest absolute Gasteiger partial charge is 0.569 e. The van der Waals surface area contributed by atoms with E-state index >= 15 is 4.20 Å². The maximum Gasteiger partial charge on any atom is 0.569 e. The Balaban J connectivity index is 2.29. The number of rotatable bonds is 32. The second-order valence-electron chi connectivity index (χ2n) is 12.6. The maximum atomic E-state index is 15.2. The second kappa shape index (κ2) is 24.6. The van der Waals surface area contributed by atoms with Crippen LogP contribution in [0.15, 0.2) is 48.3 Å². The van der Waals surface area contributed by atoms with E-state index in [1.54, 1.807) is 6.08 Å². The van der Waals surface area contributed by atoms with E-state index in [4.69, 9.17) is 14.2 Å². The first kappa shape index (κ1) is 54.0. The van der Waals surface area contributed by atoms with Crippen molar-refractivity contribution in [3.63, 3.8) is 0 Å². The molecular formula is C28H44F6O19P6. The Bertz CT molecular complexity index is 1810. The highest BCUT2D eigenvalue weighted by Crippen LogP contribution is 2.65. The van der Waals surface area contributed by atoms with Crippen LogP contribution in [0.3, 0.4) is 0 Å². The highest BCUT2D eigenvalue weighted by molar-refractivity contribution is 7.52. The van der Waals surface area contributed by atoms with E-state index in [1.165, 1.54) is 30.4 Å². The van der Waals surface area contributed by atoms with Crippen LogP contribution in [0, 0.1) is 5.41 Å². The molecule has 0 bridgehead atoms. The lowest BCUT2D eigenvalue weighted by Gasteiger charge is -2.34. The summed E-state index contributed by atoms with van der Waals surface area (Å²) < 4.78 is 191. The number of hydrogen-bond acceptors (Lipinski definition) is 17. The van der Waals surface area contributed by atoms with Gasteiger partial charge in [-0.2, -0.15) is 0 Å². The lowest BCUT2D eigenvalue weighted by atomic mass is 9.74. The number of unbranched alkanes of at least 4 members (excludes halogenated alkanes) is 10. The minimum atomic E-state index is -6.71. The fourth-order valence-corrected chi connectivity index (χ4v) is 8.74. The van der Waals surface area contributed by atoms with Gasteiger partial charge in [-0.3, -0.25) is 14.3 Å². The molecule has 0 spiro atoms. The van der Waals surface area contributed by atoms with Gasteiger partial charge in [-0.25, -0.2) is 27.4 Å². The SMILES string of the molecule is CCCCCCCCC1(CCCCCCCC)C=CC(OP(=O)(F)OOP(=O)(F)OOP(=O)(F)OOP(=O)(F)OOP(=O)(O)F)C(Oc2ccccc2OP(=O)(O)F)=C1. The van der Waals surface area contributed by atoms with Gasteiger partial charge in [0.05, 0.1) is 0 Å². The minimum absolute atomic E-state index is 0.375. The fourth-order valence-electron chi connectivity index (χ4n) is 5.24. The summed E-state index contributed by atoms with van der Waals surface area (Å²) in [6, 6.07) is 4.86. The highest BCUT2D eigenvalue weighted by atomic mass is 31.2. The molecule has 1 aliphatic carbocycles. The molecular weight excluding hydrogens is 940 g/mol. The van der Waals surface area contributed by atoms with E-state index in [-0.39, 0.29) is 5.76 Å². The number of hydrogen-bond donors (Lipinski definition) is 2. The Kier molecular flexibility index (Phi) is 22.5. The smallest absolute Gasteiger partial charge is 0.455 e. The van der Waals surface area contributed by atoms with Crippen molar-refractivity contribution < 1.29 is 114 Å². The Morgan fingerprint density at radius 2 is 0.966 bits per heavy atom. The minimum Gasteiger partial charge on any atom is -0.455 e. The molecule has 2 rings (SSSR count). The Morgan fingerprint density at radius 3 is 1.41 bits per heavy atom. The van der Waals surface area contributed by atoms with E-state index in [0.29, 0.717) is 25.7 Å². The summed E-state index contributed by atoms with van der Waals surface area (Å²) in [7, 11) is -38.1. The van der Waals surface area contributed by atoms with Crippen LogP contribution < -0.4 is 9.26 Å². The Morgan fingerprint density at radius 1 is 0.559 bits per heavy atom. The molecule has 1 aliphatic rings. The molecule has 7 unspecified atom stereocenters. The molecule has 59 heavy (non-hydrogen) atoms. The van der Waals surface area contributed by atoms with Gasteiger partial charge >= 0.3 is 47.4 Å². The molecule has 0 saturated heterocycles. The van der Waals surface area contributed by atoms with Gasteiger partial charge in [-0.15, -0.1) is 62.6 Å². The van der Waals surface area contributed by atoms with Crippen LogP contribution in [0.25, 0.3) is 0 Å². The van der Waals surface area contributed by atoms with Crippen LogP contribution in [0.5, 0.6) is 11.5 Å². The van der Waals surface area contributed by atoms with Gasteiger partial charge in [0.2, 0.25) is 0 Å². The summed E-state index contributed by atoms with van der Waals surface area (Å²) in [4.78, 5) is 17.3. The van der Waals surface area contributed by atoms with Gasteiger partial charge in [0, 0.05) is 5.41 Å². The molecule has 0 heterocycles. The summed E-state index contributed by atoms with van der Waals surface area (Å²) in [6.07, 6.45) is 14.6. The number of benzene rings is 1. The van der Waals surface area contributed by atoms with Crippen molar-refractivity contribution in [2.45, 2.75) is 110 Å². The number of halogens is 6. The molecule has 19 nitrogen and oxygen atoms in total. The van der Waals surface area contributed by atoms with Crippen LogP contribution in [-0.4, -0.2) is 15.9 Å². The number of para-hydroxylation sites is 2. The van der Waals surface area contributed by atoms with Gasteiger partial charge in [0.1, 0.15) is 11.9 Å². The Hall–Kier alpha value is -1.18. The molecule has 1 aromatic carbocycles. The maximum absolute atomic E-state index is 15.2. The third-order valence-electron chi connectivity index (χ3n) is 7.68. The summed E-state index contributed by atoms with van der Waals surface area (Å²) in [5.74, 6) is -1.38. The normalized spacial score (nSPS) is 21.5. The van der Waals surface area contributed by atoms with Crippen LogP contribution in [0.4, 0.5) is 25.2 Å². The molecule has 7 atom stereocenters. The van der Waals surface area contributed by atoms with Gasteiger partial charge in [0.25, 0.3) is 0 Å². The summed E-state index contributed by atoms with van der Waals surface area (Å²) in [5, 5.41) is 0. The number of allylic oxidation sites excluding steroid dienone is 2. The second-order valence-corrected chi connectivity index (χ2v) is 19.4. The molecule has 0 fully saturated rings. The molecule has 31 heteroatoms. The van der Waals surface area contributed by atoms with Crippen LogP contribution >= 0.6 is 47.4 Å². The van der Waals surface area contributed by atoms with E-state index in [0.717, 1.165) is 70.3 Å². The van der Waals surface area contributed by atoms with E-state index in [2.05, 4.69) is 55.8 Å². The van der Waals surface area contributed by atoms with Crippen molar-refractivity contribution in [1.82, 2.24) is 0 Å². The zero-order valence-electron chi connectivity index (χ0n) is 31.3. The predicted molar refractivity (Wildman–Crippen MR) is 194 cm³/mol. The monoisotopic (exact) mass is 984 g/mol. The molecule has 0 radical (unpaired) electrons. The van der Waals surface area contributed by atoms with Gasteiger partial charge in [-0.05, 0) is 31.1 Å². The van der Waals surface area contributed by atoms with Crippen LogP contribution in [0.2, 0.25) is 0 Å². The third-order valence-corrected chi connectivity index (χ3v) is 11.1. The lowest BCUT2D eigenvalue weighted by Crippen LogP contribution is -2.27. The van der Waals surface area contributed by atoms with Crippen molar-refractivity contribution in [2.75, 3.05) is 0 Å². The molecule has 1 aromatic rings. The molecule has 0 aliphatic heterocycles. The van der Waals surface area contributed by atoms with E-state index in [1.807, 2.05) is 0 Å². The van der Waals surface area contributed by atoms with Crippen LogP contribution in [0.1, 0.15) is 104 Å². The topological polar surface area (TPSA) is 244 Å². The predicted octanol–water partition coefficient (Wildman–Crippen LogP) is 14.0. The zero-order valence-corrected chi connectivity index (χ0v) is 36.7. The van der Waals surface area contributed by atoms with Crippen molar-refractivity contribution in [2.24, 2.45) is 5.41 Å². The van der Waals surface area contributed by atoms with Gasteiger partial charge in [0.15, 0.2) is 11.5 Å². The first-order valence-electron chi connectivity index (χ1n) is 17.6. The molecule has 0 amide bonds. The molecule has 2 N–H and O–H groups in total. The van der Waals surface area contributed by atoms with Crippen molar-refractivity contribution >= 4 is 47.4 Å².